The van der Waals surface area contributed by atoms with Gasteiger partial charge in [-0.15, -0.1) is 0 Å². The van der Waals surface area contributed by atoms with Gasteiger partial charge in [0.15, 0.2) is 0 Å². The number of benzene rings is 1. The molecule has 3 aromatic rings. The van der Waals surface area contributed by atoms with Crippen molar-refractivity contribution in [2.75, 3.05) is 6.54 Å². The Morgan fingerprint density at radius 1 is 1.17 bits per heavy atom. The van der Waals surface area contributed by atoms with Crippen LogP contribution >= 0.6 is 11.6 Å². The molecule has 0 atom stereocenters. The Balaban J connectivity index is 1.60. The number of pyridine rings is 1. The average Bonchev–Trinajstić information content (AvgIpc) is 2.56. The zero-order valence-electron chi connectivity index (χ0n) is 13.9. The largest absolute Gasteiger partial charge is 0.294 e. The summed E-state index contributed by atoms with van der Waals surface area (Å²) in [5, 5.41) is 1.74. The lowest BCUT2D eigenvalue weighted by Crippen LogP contribution is -2.31. The molecule has 1 aliphatic heterocycles. The molecule has 4 nitrogen and oxygen atoms in total. The number of halogens is 1. The zero-order chi connectivity index (χ0) is 16.7. The van der Waals surface area contributed by atoms with Crippen molar-refractivity contribution in [1.82, 2.24) is 19.9 Å². The van der Waals surface area contributed by atoms with Crippen LogP contribution < -0.4 is 0 Å². The second-order valence-corrected chi connectivity index (χ2v) is 6.84. The van der Waals surface area contributed by atoms with E-state index in [1.165, 1.54) is 16.8 Å². The number of rotatable bonds is 2. The van der Waals surface area contributed by atoms with Gasteiger partial charge in [-0.1, -0.05) is 23.2 Å². The lowest BCUT2D eigenvalue weighted by Gasteiger charge is -2.28. The molecule has 1 aromatic carbocycles. The van der Waals surface area contributed by atoms with E-state index in [4.69, 9.17) is 11.6 Å². The van der Waals surface area contributed by atoms with Crippen molar-refractivity contribution in [2.24, 2.45) is 0 Å². The van der Waals surface area contributed by atoms with Crippen LogP contribution in [0.4, 0.5) is 0 Å². The van der Waals surface area contributed by atoms with E-state index in [0.717, 1.165) is 48.3 Å². The van der Waals surface area contributed by atoms with Crippen LogP contribution in [0.5, 0.6) is 0 Å². The van der Waals surface area contributed by atoms with Gasteiger partial charge in [0.2, 0.25) is 0 Å². The molecule has 1 aliphatic rings. The van der Waals surface area contributed by atoms with Gasteiger partial charge in [-0.3, -0.25) is 4.90 Å². The van der Waals surface area contributed by atoms with Crippen molar-refractivity contribution < 1.29 is 0 Å². The van der Waals surface area contributed by atoms with E-state index in [-0.39, 0.29) is 0 Å². The van der Waals surface area contributed by atoms with Crippen LogP contribution in [0.25, 0.3) is 10.9 Å². The Hall–Kier alpha value is -2.04. The molecule has 0 aliphatic carbocycles. The summed E-state index contributed by atoms with van der Waals surface area (Å²) in [6, 6.07) is 8.41. The number of aryl methyl sites for hydroxylation is 2. The van der Waals surface area contributed by atoms with Crippen molar-refractivity contribution in [2.45, 2.75) is 33.4 Å². The van der Waals surface area contributed by atoms with Crippen molar-refractivity contribution in [3.8, 4) is 0 Å². The van der Waals surface area contributed by atoms with Crippen LogP contribution in [0.2, 0.25) is 5.15 Å². The molecular weight excluding hydrogens is 320 g/mol. The Kier molecular flexibility index (Phi) is 3.94. The van der Waals surface area contributed by atoms with E-state index in [0.29, 0.717) is 5.15 Å². The van der Waals surface area contributed by atoms with Gasteiger partial charge in [0.1, 0.15) is 11.0 Å². The fourth-order valence-corrected chi connectivity index (χ4v) is 3.48. The van der Waals surface area contributed by atoms with Gasteiger partial charge < -0.3 is 0 Å². The van der Waals surface area contributed by atoms with Crippen molar-refractivity contribution >= 4 is 22.5 Å². The van der Waals surface area contributed by atoms with Gasteiger partial charge in [-0.25, -0.2) is 15.0 Å². The molecular formula is C19H19ClN4. The Labute approximate surface area is 146 Å². The number of hydrogen-bond acceptors (Lipinski definition) is 4. The number of hydrogen-bond donors (Lipinski definition) is 0. The normalized spacial score (nSPS) is 14.8. The second kappa shape index (κ2) is 6.11. The Morgan fingerprint density at radius 3 is 2.92 bits per heavy atom. The summed E-state index contributed by atoms with van der Waals surface area (Å²) in [7, 11) is 0. The minimum atomic E-state index is 0.595. The molecule has 0 bridgehead atoms. The Bertz CT molecular complexity index is 923. The van der Waals surface area contributed by atoms with Gasteiger partial charge in [-0.05, 0) is 32.0 Å². The first-order valence-electron chi connectivity index (χ1n) is 8.18. The van der Waals surface area contributed by atoms with Crippen molar-refractivity contribution in [3.63, 3.8) is 0 Å². The van der Waals surface area contributed by atoms with E-state index < -0.39 is 0 Å². The van der Waals surface area contributed by atoms with E-state index in [2.05, 4.69) is 45.0 Å². The molecule has 0 radical (unpaired) electrons. The summed E-state index contributed by atoms with van der Waals surface area (Å²) in [6.07, 6.45) is 2.91. The molecule has 4 rings (SSSR count). The summed E-state index contributed by atoms with van der Waals surface area (Å²) in [5.74, 6) is 0.847. The molecule has 0 fully saturated rings. The van der Waals surface area contributed by atoms with E-state index in [9.17, 15) is 0 Å². The molecule has 0 saturated heterocycles. The van der Waals surface area contributed by atoms with Crippen molar-refractivity contribution in [3.05, 3.63) is 63.8 Å². The van der Waals surface area contributed by atoms with Gasteiger partial charge in [-0.2, -0.15) is 0 Å². The average molecular weight is 339 g/mol. The lowest BCUT2D eigenvalue weighted by molar-refractivity contribution is 0.242. The first-order valence-corrected chi connectivity index (χ1v) is 8.56. The standard InChI is InChI=1S/C19H19ClN4/c1-12-3-4-17-14(7-12)8-15(19(20)23-17)10-24-6-5-18-16(11-24)9-21-13(2)22-18/h3-4,7-9H,5-6,10-11H2,1-2H3. The van der Waals surface area contributed by atoms with E-state index in [1.54, 1.807) is 0 Å². The third kappa shape index (κ3) is 2.99. The first-order chi connectivity index (χ1) is 11.6. The second-order valence-electron chi connectivity index (χ2n) is 6.48. The SMILES string of the molecule is Cc1ccc2nc(Cl)c(CN3CCc4nc(C)ncc4C3)cc2c1. The predicted octanol–water partition coefficient (Wildman–Crippen LogP) is 3.85. The molecule has 24 heavy (non-hydrogen) atoms. The highest BCUT2D eigenvalue weighted by molar-refractivity contribution is 6.30. The third-order valence-electron chi connectivity index (χ3n) is 4.52. The van der Waals surface area contributed by atoms with Gasteiger partial charge in [0.05, 0.1) is 5.52 Å². The summed E-state index contributed by atoms with van der Waals surface area (Å²) in [4.78, 5) is 15.8. The maximum Gasteiger partial charge on any atom is 0.134 e. The maximum atomic E-state index is 6.42. The molecule has 0 saturated carbocycles. The summed E-state index contributed by atoms with van der Waals surface area (Å²) >= 11 is 6.42. The molecule has 0 spiro atoms. The molecule has 2 aromatic heterocycles. The molecule has 0 amide bonds. The van der Waals surface area contributed by atoms with Gasteiger partial charge in [0.25, 0.3) is 0 Å². The van der Waals surface area contributed by atoms with Crippen LogP contribution in [-0.4, -0.2) is 26.4 Å². The zero-order valence-corrected chi connectivity index (χ0v) is 14.6. The maximum absolute atomic E-state index is 6.42. The quantitative estimate of drug-likeness (QED) is 0.665. The molecule has 5 heteroatoms. The molecule has 0 unspecified atom stereocenters. The number of fused-ring (bicyclic) bond motifs is 2. The van der Waals surface area contributed by atoms with Crippen LogP contribution in [0, 0.1) is 13.8 Å². The van der Waals surface area contributed by atoms with E-state index in [1.807, 2.05) is 19.2 Å². The molecule has 3 heterocycles. The highest BCUT2D eigenvalue weighted by Gasteiger charge is 2.19. The van der Waals surface area contributed by atoms with Gasteiger partial charge >= 0.3 is 0 Å². The highest BCUT2D eigenvalue weighted by atomic mass is 35.5. The molecule has 122 valence electrons. The summed E-state index contributed by atoms with van der Waals surface area (Å²) in [5.41, 5.74) is 5.65. The van der Waals surface area contributed by atoms with Crippen LogP contribution in [-0.2, 0) is 19.5 Å². The fraction of sp³-hybridized carbons (Fsp3) is 0.316. The predicted molar refractivity (Wildman–Crippen MR) is 96.1 cm³/mol. The van der Waals surface area contributed by atoms with Gasteiger partial charge in [0, 0.05) is 54.5 Å². The third-order valence-corrected chi connectivity index (χ3v) is 4.85. The van der Waals surface area contributed by atoms with Crippen LogP contribution in [0.1, 0.15) is 28.2 Å². The summed E-state index contributed by atoms with van der Waals surface area (Å²) < 4.78 is 0. The summed E-state index contributed by atoms with van der Waals surface area (Å²) in [6.45, 7) is 6.67. The number of aromatic nitrogens is 3. The topological polar surface area (TPSA) is 41.9 Å². The van der Waals surface area contributed by atoms with Crippen LogP contribution in [0.3, 0.4) is 0 Å². The Morgan fingerprint density at radius 2 is 2.04 bits per heavy atom. The minimum Gasteiger partial charge on any atom is -0.294 e. The number of nitrogens with zero attached hydrogens (tertiary/aromatic N) is 4. The smallest absolute Gasteiger partial charge is 0.134 e. The first kappa shape index (κ1) is 15.5. The lowest BCUT2D eigenvalue weighted by atomic mass is 10.1. The molecule has 0 N–H and O–H groups in total. The van der Waals surface area contributed by atoms with E-state index >= 15 is 0 Å². The van der Waals surface area contributed by atoms with Crippen LogP contribution in [0.15, 0.2) is 30.5 Å². The highest BCUT2D eigenvalue weighted by Crippen LogP contribution is 2.25. The fourth-order valence-electron chi connectivity index (χ4n) is 3.28. The minimum absolute atomic E-state index is 0.595. The van der Waals surface area contributed by atoms with Crippen molar-refractivity contribution in [1.29, 1.82) is 0 Å². The monoisotopic (exact) mass is 338 g/mol.